The third-order valence-corrected chi connectivity index (χ3v) is 5.11. The number of rotatable bonds is 15. The van der Waals surface area contributed by atoms with E-state index in [1.807, 2.05) is 38.1 Å². The fourth-order valence-corrected chi connectivity index (χ4v) is 3.40. The molecule has 12 heteroatoms. The van der Waals surface area contributed by atoms with Crippen LogP contribution in [-0.2, 0) is 25.4 Å². The van der Waals surface area contributed by atoms with Gasteiger partial charge in [0.1, 0.15) is 0 Å². The standard InChI is InChI=1S/C24H38N8O4/c1-18(2)27-22-29-23(31-24(30-22)32-9-13-36-14-10-32)28-20-5-3-19(4-6-20)17-21(33)26-8-12-35-16-15-34-11-7-25/h3-6,18H,7-17,25H2,1-2H3,(H,26,33)(H2,27,28,29,30,31). The molecule has 0 radical (unpaired) electrons. The smallest absolute Gasteiger partial charge is 0.233 e. The summed E-state index contributed by atoms with van der Waals surface area (Å²) >= 11 is 0. The van der Waals surface area contributed by atoms with Crippen molar-refractivity contribution in [2.75, 3.05) is 81.4 Å². The molecule has 1 aromatic carbocycles. The van der Waals surface area contributed by atoms with Crippen molar-refractivity contribution in [1.29, 1.82) is 0 Å². The Labute approximate surface area is 212 Å². The van der Waals surface area contributed by atoms with E-state index >= 15 is 0 Å². The van der Waals surface area contributed by atoms with Gasteiger partial charge in [-0.3, -0.25) is 4.79 Å². The minimum absolute atomic E-state index is 0.0595. The maximum Gasteiger partial charge on any atom is 0.233 e. The van der Waals surface area contributed by atoms with Gasteiger partial charge in [0.25, 0.3) is 0 Å². The van der Waals surface area contributed by atoms with Crippen LogP contribution in [0.25, 0.3) is 0 Å². The normalized spacial score (nSPS) is 13.6. The number of hydrogen-bond donors (Lipinski definition) is 4. The van der Waals surface area contributed by atoms with Crippen molar-refractivity contribution in [2.45, 2.75) is 26.3 Å². The lowest BCUT2D eigenvalue weighted by atomic mass is 10.1. The quantitative estimate of drug-likeness (QED) is 0.258. The minimum Gasteiger partial charge on any atom is -0.378 e. The van der Waals surface area contributed by atoms with E-state index in [0.29, 0.717) is 70.6 Å². The molecule has 198 valence electrons. The second-order valence-corrected chi connectivity index (χ2v) is 8.54. The molecule has 1 saturated heterocycles. The van der Waals surface area contributed by atoms with E-state index in [-0.39, 0.29) is 18.4 Å². The number of nitrogens with zero attached hydrogens (tertiary/aromatic N) is 4. The molecule has 1 fully saturated rings. The van der Waals surface area contributed by atoms with Gasteiger partial charge < -0.3 is 40.8 Å². The highest BCUT2D eigenvalue weighted by Crippen LogP contribution is 2.19. The van der Waals surface area contributed by atoms with Crippen LogP contribution in [0.15, 0.2) is 24.3 Å². The van der Waals surface area contributed by atoms with Gasteiger partial charge in [0.2, 0.25) is 23.8 Å². The van der Waals surface area contributed by atoms with Crippen LogP contribution in [0.2, 0.25) is 0 Å². The van der Waals surface area contributed by atoms with E-state index < -0.39 is 0 Å². The molecule has 5 N–H and O–H groups in total. The van der Waals surface area contributed by atoms with Gasteiger partial charge in [0.15, 0.2) is 0 Å². The fraction of sp³-hybridized carbons (Fsp3) is 0.583. The monoisotopic (exact) mass is 502 g/mol. The molecule has 1 aliphatic rings. The van der Waals surface area contributed by atoms with Crippen LogP contribution in [-0.4, -0.2) is 92.7 Å². The molecule has 36 heavy (non-hydrogen) atoms. The zero-order valence-electron chi connectivity index (χ0n) is 21.2. The van der Waals surface area contributed by atoms with Crippen molar-refractivity contribution >= 4 is 29.4 Å². The molecular weight excluding hydrogens is 464 g/mol. The molecule has 0 saturated carbocycles. The average Bonchev–Trinajstić information content (AvgIpc) is 2.87. The number of aromatic nitrogens is 3. The number of benzene rings is 1. The predicted octanol–water partition coefficient (Wildman–Crippen LogP) is 0.923. The van der Waals surface area contributed by atoms with Crippen LogP contribution >= 0.6 is 0 Å². The lowest BCUT2D eigenvalue weighted by Gasteiger charge is -2.27. The molecular formula is C24H38N8O4. The number of hydrogen-bond acceptors (Lipinski definition) is 11. The molecule has 1 aliphatic heterocycles. The summed E-state index contributed by atoms with van der Waals surface area (Å²) in [5.41, 5.74) is 7.07. The summed E-state index contributed by atoms with van der Waals surface area (Å²) in [4.78, 5) is 28.0. The third-order valence-electron chi connectivity index (χ3n) is 5.11. The van der Waals surface area contributed by atoms with Crippen molar-refractivity contribution in [3.05, 3.63) is 29.8 Å². The number of carbonyl (C=O) groups is 1. The van der Waals surface area contributed by atoms with Crippen molar-refractivity contribution in [3.8, 4) is 0 Å². The number of morpholine rings is 1. The van der Waals surface area contributed by atoms with Crippen molar-refractivity contribution in [2.24, 2.45) is 5.73 Å². The van der Waals surface area contributed by atoms with E-state index in [4.69, 9.17) is 19.9 Å². The van der Waals surface area contributed by atoms with Crippen molar-refractivity contribution < 1.29 is 19.0 Å². The summed E-state index contributed by atoms with van der Waals surface area (Å²) in [5, 5.41) is 9.36. The van der Waals surface area contributed by atoms with Gasteiger partial charge in [0.05, 0.1) is 46.1 Å². The highest BCUT2D eigenvalue weighted by atomic mass is 16.5. The number of nitrogens with two attached hydrogens (primary N) is 1. The molecule has 0 aliphatic carbocycles. The predicted molar refractivity (Wildman–Crippen MR) is 139 cm³/mol. The van der Waals surface area contributed by atoms with Crippen molar-refractivity contribution in [3.63, 3.8) is 0 Å². The first kappa shape index (κ1) is 27.5. The SMILES string of the molecule is CC(C)Nc1nc(Nc2ccc(CC(=O)NCCOCCOCCN)cc2)nc(N2CCOCC2)n1. The number of carbonyl (C=O) groups excluding carboxylic acids is 1. The first-order valence-corrected chi connectivity index (χ1v) is 12.4. The van der Waals surface area contributed by atoms with Crippen LogP contribution in [0.4, 0.5) is 23.5 Å². The van der Waals surface area contributed by atoms with Crippen LogP contribution < -0.4 is 26.6 Å². The second kappa shape index (κ2) is 15.1. The van der Waals surface area contributed by atoms with Gasteiger partial charge in [0, 0.05) is 37.9 Å². The van der Waals surface area contributed by atoms with Gasteiger partial charge in [-0.2, -0.15) is 15.0 Å². The van der Waals surface area contributed by atoms with Crippen LogP contribution in [0.1, 0.15) is 19.4 Å². The van der Waals surface area contributed by atoms with Crippen LogP contribution in [0.5, 0.6) is 0 Å². The maximum atomic E-state index is 12.2. The summed E-state index contributed by atoms with van der Waals surface area (Å²) in [6.07, 6.45) is 0.287. The van der Waals surface area contributed by atoms with Crippen LogP contribution in [0, 0.1) is 0 Å². The summed E-state index contributed by atoms with van der Waals surface area (Å²) in [6.45, 7) is 9.72. The molecule has 3 rings (SSSR count). The Balaban J connectivity index is 1.49. The van der Waals surface area contributed by atoms with Gasteiger partial charge in [-0.1, -0.05) is 12.1 Å². The highest BCUT2D eigenvalue weighted by molar-refractivity contribution is 5.78. The minimum atomic E-state index is -0.0595. The number of anilines is 4. The molecule has 1 aromatic heterocycles. The zero-order chi connectivity index (χ0) is 25.6. The first-order chi connectivity index (χ1) is 17.5. The average molecular weight is 503 g/mol. The largest absolute Gasteiger partial charge is 0.378 e. The van der Waals surface area contributed by atoms with Crippen LogP contribution in [0.3, 0.4) is 0 Å². The molecule has 0 spiro atoms. The Morgan fingerprint density at radius 1 is 1.03 bits per heavy atom. The maximum absolute atomic E-state index is 12.2. The molecule has 12 nitrogen and oxygen atoms in total. The highest BCUT2D eigenvalue weighted by Gasteiger charge is 2.17. The Morgan fingerprint density at radius 3 is 2.42 bits per heavy atom. The summed E-state index contributed by atoms with van der Waals surface area (Å²) < 4.78 is 16.1. The lowest BCUT2D eigenvalue weighted by molar-refractivity contribution is -0.120. The molecule has 2 heterocycles. The Morgan fingerprint density at radius 2 is 1.72 bits per heavy atom. The second-order valence-electron chi connectivity index (χ2n) is 8.54. The number of ether oxygens (including phenoxy) is 3. The van der Waals surface area contributed by atoms with E-state index in [2.05, 4.69) is 35.8 Å². The van der Waals surface area contributed by atoms with E-state index in [0.717, 1.165) is 24.3 Å². The van der Waals surface area contributed by atoms with Gasteiger partial charge in [-0.15, -0.1) is 0 Å². The topological polar surface area (TPSA) is 149 Å². The number of nitrogens with one attached hydrogen (secondary N) is 3. The Kier molecular flexibility index (Phi) is 11.6. The lowest BCUT2D eigenvalue weighted by Crippen LogP contribution is -2.37. The van der Waals surface area contributed by atoms with E-state index in [1.54, 1.807) is 0 Å². The molecule has 0 unspecified atom stereocenters. The summed E-state index contributed by atoms with van der Waals surface area (Å²) in [7, 11) is 0. The van der Waals surface area contributed by atoms with Gasteiger partial charge in [-0.05, 0) is 31.5 Å². The molecule has 0 atom stereocenters. The molecule has 2 aromatic rings. The zero-order valence-corrected chi connectivity index (χ0v) is 21.2. The van der Waals surface area contributed by atoms with Gasteiger partial charge in [-0.25, -0.2) is 0 Å². The van der Waals surface area contributed by atoms with Gasteiger partial charge >= 0.3 is 0 Å². The fourth-order valence-electron chi connectivity index (χ4n) is 3.40. The van der Waals surface area contributed by atoms with Crippen molar-refractivity contribution in [1.82, 2.24) is 20.3 Å². The third kappa shape index (κ3) is 9.90. The summed E-state index contributed by atoms with van der Waals surface area (Å²) in [5.74, 6) is 1.52. The Bertz CT molecular complexity index is 923. The number of amides is 1. The molecule has 0 bridgehead atoms. The first-order valence-electron chi connectivity index (χ1n) is 12.4. The Hall–Kier alpha value is -3.06. The summed E-state index contributed by atoms with van der Waals surface area (Å²) in [6, 6.07) is 7.81. The van der Waals surface area contributed by atoms with E-state index in [1.165, 1.54) is 0 Å². The van der Waals surface area contributed by atoms with E-state index in [9.17, 15) is 4.79 Å². The molecule has 1 amide bonds.